The van der Waals surface area contributed by atoms with Crippen LogP contribution < -0.4 is 11.1 Å². The van der Waals surface area contributed by atoms with Crippen molar-refractivity contribution in [3.8, 4) is 0 Å². The summed E-state index contributed by atoms with van der Waals surface area (Å²) < 4.78 is 0. The smallest absolute Gasteiger partial charge is 0.193 e. The van der Waals surface area contributed by atoms with E-state index in [1.807, 2.05) is 31.2 Å². The van der Waals surface area contributed by atoms with Crippen molar-refractivity contribution in [1.29, 1.82) is 0 Å². The third-order valence-electron chi connectivity index (χ3n) is 3.15. The lowest BCUT2D eigenvalue weighted by atomic mass is 10.1. The number of aliphatic imine (C=N–C) groups is 1. The highest BCUT2D eigenvalue weighted by Crippen LogP contribution is 2.10. The maximum Gasteiger partial charge on any atom is 0.193 e. The van der Waals surface area contributed by atoms with E-state index < -0.39 is 0 Å². The molecule has 5 heteroatoms. The van der Waals surface area contributed by atoms with Crippen molar-refractivity contribution >= 4 is 35.6 Å². The molecule has 0 aliphatic carbocycles. The zero-order valence-electron chi connectivity index (χ0n) is 12.3. The van der Waals surface area contributed by atoms with Crippen molar-refractivity contribution in [2.45, 2.75) is 26.8 Å². The molecule has 0 aliphatic heterocycles. The number of guanidine groups is 1. The molecule has 0 fully saturated rings. The topological polar surface area (TPSA) is 63.3 Å². The summed E-state index contributed by atoms with van der Waals surface area (Å²) in [7, 11) is 0. The molecular formula is C16H21IN4. The number of benzene rings is 1. The Labute approximate surface area is 142 Å². The number of nitrogens with zero attached hydrogens (tertiary/aromatic N) is 2. The second-order valence-corrected chi connectivity index (χ2v) is 4.64. The quantitative estimate of drug-likeness (QED) is 0.473. The van der Waals surface area contributed by atoms with Crippen LogP contribution in [0, 0.1) is 6.92 Å². The zero-order chi connectivity index (χ0) is 14.4. The van der Waals surface area contributed by atoms with Gasteiger partial charge in [-0.2, -0.15) is 0 Å². The highest BCUT2D eigenvalue weighted by molar-refractivity contribution is 14.0. The van der Waals surface area contributed by atoms with E-state index in [1.54, 1.807) is 6.20 Å². The summed E-state index contributed by atoms with van der Waals surface area (Å²) in [5.41, 5.74) is 10.2. The fourth-order valence-corrected chi connectivity index (χ4v) is 1.86. The standard InChI is InChI=1S/C16H20N4.HI/c1-3-13-6-8-14(9-7-13)20-16(17)19-11-15-12(2)5-4-10-18-15;/h4-10H,3,11H2,1-2H3,(H3,17,19,20);1H. The largest absolute Gasteiger partial charge is 0.370 e. The van der Waals surface area contributed by atoms with Crippen LogP contribution in [0.5, 0.6) is 0 Å². The van der Waals surface area contributed by atoms with Gasteiger partial charge in [0, 0.05) is 11.9 Å². The molecule has 1 aromatic carbocycles. The van der Waals surface area contributed by atoms with Crippen LogP contribution in [0.15, 0.2) is 47.6 Å². The predicted molar refractivity (Wildman–Crippen MR) is 99.2 cm³/mol. The Morgan fingerprint density at radius 1 is 1.24 bits per heavy atom. The van der Waals surface area contributed by atoms with Crippen LogP contribution in [-0.4, -0.2) is 10.9 Å². The molecule has 21 heavy (non-hydrogen) atoms. The SMILES string of the molecule is CCc1ccc(NC(N)=NCc2ncccc2C)cc1.I. The number of aromatic nitrogens is 1. The van der Waals surface area contributed by atoms with Gasteiger partial charge in [-0.15, -0.1) is 24.0 Å². The lowest BCUT2D eigenvalue weighted by molar-refractivity contribution is 0.964. The van der Waals surface area contributed by atoms with E-state index in [4.69, 9.17) is 5.73 Å². The number of aryl methyl sites for hydroxylation is 2. The molecule has 3 N–H and O–H groups in total. The monoisotopic (exact) mass is 396 g/mol. The third-order valence-corrected chi connectivity index (χ3v) is 3.15. The molecule has 0 saturated heterocycles. The van der Waals surface area contributed by atoms with Gasteiger partial charge in [0.1, 0.15) is 0 Å². The van der Waals surface area contributed by atoms with Crippen molar-refractivity contribution in [3.63, 3.8) is 0 Å². The van der Waals surface area contributed by atoms with Crippen LogP contribution >= 0.6 is 24.0 Å². The number of rotatable bonds is 4. The first-order valence-corrected chi connectivity index (χ1v) is 6.75. The number of pyridine rings is 1. The van der Waals surface area contributed by atoms with Crippen LogP contribution in [0.4, 0.5) is 5.69 Å². The summed E-state index contributed by atoms with van der Waals surface area (Å²) in [6, 6.07) is 12.1. The van der Waals surface area contributed by atoms with E-state index in [9.17, 15) is 0 Å². The van der Waals surface area contributed by atoms with Gasteiger partial charge in [0.15, 0.2) is 5.96 Å². The van der Waals surface area contributed by atoms with E-state index in [-0.39, 0.29) is 24.0 Å². The van der Waals surface area contributed by atoms with E-state index in [0.717, 1.165) is 23.4 Å². The summed E-state index contributed by atoms with van der Waals surface area (Å²) >= 11 is 0. The Morgan fingerprint density at radius 2 is 1.95 bits per heavy atom. The van der Waals surface area contributed by atoms with Gasteiger partial charge in [0.05, 0.1) is 12.2 Å². The Morgan fingerprint density at radius 3 is 2.57 bits per heavy atom. The van der Waals surface area contributed by atoms with E-state index >= 15 is 0 Å². The maximum absolute atomic E-state index is 5.89. The summed E-state index contributed by atoms with van der Waals surface area (Å²) in [5, 5.41) is 3.08. The maximum atomic E-state index is 5.89. The Balaban J connectivity index is 0.00000220. The second kappa shape index (κ2) is 8.61. The fraction of sp³-hybridized carbons (Fsp3) is 0.250. The first-order chi connectivity index (χ1) is 9.69. The average Bonchev–Trinajstić information content (AvgIpc) is 2.47. The van der Waals surface area contributed by atoms with Crippen LogP contribution in [0.25, 0.3) is 0 Å². The number of hydrogen-bond donors (Lipinski definition) is 2. The third kappa shape index (κ3) is 5.34. The molecule has 0 bridgehead atoms. The molecule has 4 nitrogen and oxygen atoms in total. The number of hydrogen-bond acceptors (Lipinski definition) is 2. The van der Waals surface area contributed by atoms with Crippen molar-refractivity contribution in [2.75, 3.05) is 5.32 Å². The molecule has 0 spiro atoms. The number of nitrogens with one attached hydrogen (secondary N) is 1. The number of anilines is 1. The van der Waals surface area contributed by atoms with Crippen molar-refractivity contribution < 1.29 is 0 Å². The van der Waals surface area contributed by atoms with Gasteiger partial charge in [0.2, 0.25) is 0 Å². The molecule has 0 radical (unpaired) electrons. The molecule has 2 aromatic rings. The zero-order valence-corrected chi connectivity index (χ0v) is 14.7. The highest BCUT2D eigenvalue weighted by atomic mass is 127. The van der Waals surface area contributed by atoms with Gasteiger partial charge < -0.3 is 11.1 Å². The molecule has 0 amide bonds. The highest BCUT2D eigenvalue weighted by Gasteiger charge is 1.99. The molecule has 1 heterocycles. The molecular weight excluding hydrogens is 375 g/mol. The molecule has 0 atom stereocenters. The van der Waals surface area contributed by atoms with Gasteiger partial charge >= 0.3 is 0 Å². The minimum atomic E-state index is 0. The Kier molecular flexibility index (Phi) is 7.14. The second-order valence-electron chi connectivity index (χ2n) is 4.64. The molecule has 1 aromatic heterocycles. The number of nitrogens with two attached hydrogens (primary N) is 1. The molecule has 0 saturated carbocycles. The van der Waals surface area contributed by atoms with Gasteiger partial charge in [-0.05, 0) is 42.7 Å². The normalized spacial score (nSPS) is 10.9. The molecule has 2 rings (SSSR count). The Hall–Kier alpha value is -1.63. The summed E-state index contributed by atoms with van der Waals surface area (Å²) in [6.07, 6.45) is 2.80. The lowest BCUT2D eigenvalue weighted by Gasteiger charge is -2.07. The van der Waals surface area contributed by atoms with Crippen LogP contribution in [0.3, 0.4) is 0 Å². The first-order valence-electron chi connectivity index (χ1n) is 6.75. The number of halogens is 1. The van der Waals surface area contributed by atoms with Crippen LogP contribution in [-0.2, 0) is 13.0 Å². The summed E-state index contributed by atoms with van der Waals surface area (Å²) in [5.74, 6) is 0.402. The van der Waals surface area contributed by atoms with E-state index in [2.05, 4.69) is 34.3 Å². The van der Waals surface area contributed by atoms with Gasteiger partial charge in [0.25, 0.3) is 0 Å². The van der Waals surface area contributed by atoms with Gasteiger partial charge in [-0.25, -0.2) is 4.99 Å². The van der Waals surface area contributed by atoms with Crippen molar-refractivity contribution in [3.05, 3.63) is 59.4 Å². The van der Waals surface area contributed by atoms with E-state index in [1.165, 1.54) is 5.56 Å². The van der Waals surface area contributed by atoms with Crippen LogP contribution in [0.1, 0.15) is 23.7 Å². The van der Waals surface area contributed by atoms with Gasteiger partial charge in [-0.1, -0.05) is 25.1 Å². The van der Waals surface area contributed by atoms with Crippen molar-refractivity contribution in [1.82, 2.24) is 4.98 Å². The van der Waals surface area contributed by atoms with Crippen LogP contribution in [0.2, 0.25) is 0 Å². The Bertz CT molecular complexity index is 593. The van der Waals surface area contributed by atoms with Gasteiger partial charge in [-0.3, -0.25) is 4.98 Å². The molecule has 0 aliphatic rings. The molecule has 0 unspecified atom stereocenters. The predicted octanol–water partition coefficient (Wildman–Crippen LogP) is 3.50. The molecule has 112 valence electrons. The summed E-state index contributed by atoms with van der Waals surface area (Å²) in [6.45, 7) is 4.64. The first kappa shape index (κ1) is 17.4. The lowest BCUT2D eigenvalue weighted by Crippen LogP contribution is -2.22. The summed E-state index contributed by atoms with van der Waals surface area (Å²) in [4.78, 5) is 8.60. The minimum Gasteiger partial charge on any atom is -0.370 e. The van der Waals surface area contributed by atoms with Crippen molar-refractivity contribution in [2.24, 2.45) is 10.7 Å². The van der Waals surface area contributed by atoms with E-state index in [0.29, 0.717) is 12.5 Å². The minimum absolute atomic E-state index is 0. The fourth-order valence-electron chi connectivity index (χ4n) is 1.86. The average molecular weight is 396 g/mol.